The van der Waals surface area contributed by atoms with Crippen molar-refractivity contribution in [2.24, 2.45) is 13.5 Å². The van der Waals surface area contributed by atoms with Gasteiger partial charge in [-0.1, -0.05) is 49.9 Å². The normalized spacial score (nSPS) is 14.1. The molecule has 0 fully saturated rings. The SMILES string of the molecule is N#Cc1ccc(OP2(Oc3ccc(C#N)cc3)=NP(Oc3ccccc3)(Oc3ccccc3)=NP(Oc3ccc(C#N)cc3)(Oc3ccc(C#N)cc3)=N2)cc1. The largest absolute Gasteiger partial charge is 0.460 e. The molecule has 0 radical (unpaired) electrons. The van der Waals surface area contributed by atoms with E-state index in [0.717, 1.165) is 0 Å². The predicted molar refractivity (Wildman–Crippen MR) is 209 cm³/mol. The van der Waals surface area contributed by atoms with Crippen LogP contribution in [0.15, 0.2) is 171 Å². The number of nitriles is 4. The number of benzene rings is 6. The second kappa shape index (κ2) is 16.4. The Morgan fingerprint density at radius 1 is 0.286 bits per heavy atom. The molecular formula is C40H26N7O6P3. The molecule has 13 nitrogen and oxygen atoms in total. The van der Waals surface area contributed by atoms with E-state index in [1.165, 1.54) is 0 Å². The summed E-state index contributed by atoms with van der Waals surface area (Å²) < 4.78 is 55.5. The summed E-state index contributed by atoms with van der Waals surface area (Å²) in [6.45, 7) is 0. The van der Waals surface area contributed by atoms with Crippen LogP contribution in [-0.4, -0.2) is 0 Å². The fraction of sp³-hybridized carbons (Fsp3) is 0. The number of hydrogen-bond acceptors (Lipinski definition) is 13. The molecule has 6 aromatic carbocycles. The lowest BCUT2D eigenvalue weighted by Gasteiger charge is -2.33. The zero-order valence-electron chi connectivity index (χ0n) is 28.9. The van der Waals surface area contributed by atoms with Gasteiger partial charge in [0.1, 0.15) is 34.5 Å². The number of hydrogen-bond donors (Lipinski definition) is 0. The third kappa shape index (κ3) is 8.93. The molecule has 0 atom stereocenters. The molecule has 56 heavy (non-hydrogen) atoms. The Morgan fingerprint density at radius 2 is 0.482 bits per heavy atom. The van der Waals surface area contributed by atoms with Crippen LogP contribution in [0.5, 0.6) is 34.5 Å². The van der Waals surface area contributed by atoms with E-state index in [1.54, 1.807) is 146 Å². The van der Waals surface area contributed by atoms with Crippen molar-refractivity contribution in [1.29, 1.82) is 21.0 Å². The first-order valence-electron chi connectivity index (χ1n) is 16.5. The summed E-state index contributed by atoms with van der Waals surface area (Å²) >= 11 is 0. The van der Waals surface area contributed by atoms with Gasteiger partial charge in [-0.25, -0.2) is 0 Å². The van der Waals surface area contributed by atoms with E-state index in [0.29, 0.717) is 33.8 Å². The molecule has 0 unspecified atom stereocenters. The molecule has 0 bridgehead atoms. The number of para-hydroxylation sites is 2. The van der Waals surface area contributed by atoms with E-state index in [2.05, 4.69) is 24.3 Å². The minimum absolute atomic E-state index is 0.216. The van der Waals surface area contributed by atoms with Crippen molar-refractivity contribution in [3.8, 4) is 58.8 Å². The lowest BCUT2D eigenvalue weighted by atomic mass is 10.2. The summed E-state index contributed by atoms with van der Waals surface area (Å²) in [4.78, 5) is 0. The second-order valence-electron chi connectivity index (χ2n) is 11.5. The molecule has 0 aliphatic carbocycles. The maximum absolute atomic E-state index is 9.53. The molecular weight excluding hydrogens is 767 g/mol. The van der Waals surface area contributed by atoms with Gasteiger partial charge in [-0.3, -0.25) is 0 Å². The van der Waals surface area contributed by atoms with Crippen LogP contribution in [0.2, 0.25) is 0 Å². The zero-order valence-corrected chi connectivity index (χ0v) is 31.6. The van der Waals surface area contributed by atoms with E-state index >= 15 is 0 Å². The summed E-state index contributed by atoms with van der Waals surface area (Å²) in [5.74, 6) is 1.52. The molecule has 6 aromatic rings. The molecule has 1 heterocycles. The van der Waals surface area contributed by atoms with Crippen LogP contribution >= 0.6 is 23.0 Å². The summed E-state index contributed by atoms with van der Waals surface area (Å²) in [5, 5.41) is 38.1. The van der Waals surface area contributed by atoms with Crippen LogP contribution in [0.3, 0.4) is 0 Å². The molecule has 0 saturated carbocycles. The highest BCUT2D eigenvalue weighted by Gasteiger charge is 2.49. The quantitative estimate of drug-likeness (QED) is 0.108. The highest BCUT2D eigenvalue weighted by molar-refractivity contribution is 7.79. The third-order valence-electron chi connectivity index (χ3n) is 7.44. The Bertz CT molecular complexity index is 2410. The summed E-state index contributed by atoms with van der Waals surface area (Å²) in [6, 6.07) is 51.0. The van der Waals surface area contributed by atoms with Crippen LogP contribution in [0.4, 0.5) is 0 Å². The number of nitrogens with zero attached hydrogens (tertiary/aromatic N) is 7. The van der Waals surface area contributed by atoms with Gasteiger partial charge in [0.2, 0.25) is 0 Å². The van der Waals surface area contributed by atoms with Crippen molar-refractivity contribution < 1.29 is 27.1 Å². The molecule has 0 amide bonds. The average molecular weight is 794 g/mol. The lowest BCUT2D eigenvalue weighted by Crippen LogP contribution is -2.11. The molecule has 0 saturated heterocycles. The predicted octanol–water partition coefficient (Wildman–Crippen LogP) is 11.8. The zero-order chi connectivity index (χ0) is 38.9. The highest BCUT2D eigenvalue weighted by Crippen LogP contribution is 2.78. The Labute approximate surface area is 322 Å². The topological polar surface area (TPSA) is 188 Å². The van der Waals surface area contributed by atoms with Crippen molar-refractivity contribution in [2.45, 2.75) is 0 Å². The first-order chi connectivity index (χ1) is 27.3. The maximum atomic E-state index is 9.53. The maximum Gasteiger partial charge on any atom is 0.460 e. The molecule has 1 aliphatic heterocycles. The standard InChI is InChI=1S/C40H26N7O6P3/c41-27-31-11-19-37(20-12-31)50-55(51-38-21-13-32(28-42)14-22-38)45-54(48-35-7-3-1-4-8-35,49-36-9-5-2-6-10-36)46-56(47-55,52-39-23-15-33(29-43)16-24-39)53-40-25-17-34(30-44)18-26-40/h1-26H. The van der Waals surface area contributed by atoms with Gasteiger partial charge >= 0.3 is 23.0 Å². The van der Waals surface area contributed by atoms with Crippen LogP contribution in [0.1, 0.15) is 22.3 Å². The van der Waals surface area contributed by atoms with E-state index in [-0.39, 0.29) is 23.0 Å². The van der Waals surface area contributed by atoms with Gasteiger partial charge in [-0.15, -0.1) is 0 Å². The molecule has 0 aromatic heterocycles. The Kier molecular flexibility index (Phi) is 10.9. The molecule has 272 valence electrons. The van der Waals surface area contributed by atoms with Gasteiger partial charge in [0, 0.05) is 0 Å². The molecule has 1 aliphatic rings. The minimum atomic E-state index is -4.22. The Balaban J connectivity index is 1.56. The van der Waals surface area contributed by atoms with E-state index in [1.807, 2.05) is 12.1 Å². The van der Waals surface area contributed by atoms with Crippen LogP contribution in [0.25, 0.3) is 0 Å². The van der Waals surface area contributed by atoms with Crippen LogP contribution in [-0.2, 0) is 0 Å². The van der Waals surface area contributed by atoms with Crippen molar-refractivity contribution in [3.05, 3.63) is 180 Å². The lowest BCUT2D eigenvalue weighted by molar-refractivity contribution is 0.443. The first kappa shape index (κ1) is 37.1. The molecule has 0 spiro atoms. The van der Waals surface area contributed by atoms with Crippen molar-refractivity contribution in [3.63, 3.8) is 0 Å². The molecule has 0 N–H and O–H groups in total. The summed E-state index contributed by atoms with van der Waals surface area (Å²) in [7, 11) is -12.6. The van der Waals surface area contributed by atoms with Crippen molar-refractivity contribution in [1.82, 2.24) is 0 Å². The molecule has 7 rings (SSSR count). The van der Waals surface area contributed by atoms with Gasteiger partial charge < -0.3 is 27.1 Å². The Morgan fingerprint density at radius 3 is 0.679 bits per heavy atom. The van der Waals surface area contributed by atoms with Gasteiger partial charge in [0.05, 0.1) is 46.5 Å². The van der Waals surface area contributed by atoms with Crippen LogP contribution < -0.4 is 27.1 Å². The smallest absolute Gasteiger partial charge is 0.413 e. The van der Waals surface area contributed by atoms with Crippen molar-refractivity contribution >= 4 is 23.0 Å². The van der Waals surface area contributed by atoms with Crippen molar-refractivity contribution in [2.75, 3.05) is 0 Å². The minimum Gasteiger partial charge on any atom is -0.413 e. The fourth-order valence-electron chi connectivity index (χ4n) is 4.91. The monoisotopic (exact) mass is 793 g/mol. The van der Waals surface area contributed by atoms with Gasteiger partial charge in [0.15, 0.2) is 0 Å². The third-order valence-corrected chi connectivity index (χ3v) is 15.6. The number of rotatable bonds is 12. The average Bonchev–Trinajstić information content (AvgIpc) is 3.22. The second-order valence-corrected chi connectivity index (χ2v) is 17.6. The van der Waals surface area contributed by atoms with Gasteiger partial charge in [-0.05, 0) is 121 Å². The van der Waals surface area contributed by atoms with Gasteiger partial charge in [0.25, 0.3) is 0 Å². The highest BCUT2D eigenvalue weighted by atomic mass is 31.3. The first-order valence-corrected chi connectivity index (χ1v) is 21.1. The fourth-order valence-corrected chi connectivity index (χ4v) is 14.0. The van der Waals surface area contributed by atoms with E-state index in [9.17, 15) is 21.0 Å². The summed E-state index contributed by atoms with van der Waals surface area (Å²) in [6.07, 6.45) is 0. The molecule has 16 heteroatoms. The van der Waals surface area contributed by atoms with Crippen LogP contribution in [0, 0.1) is 45.3 Å². The summed E-state index contributed by atoms with van der Waals surface area (Å²) in [5.41, 5.74) is 1.51. The van der Waals surface area contributed by atoms with Gasteiger partial charge in [-0.2, -0.15) is 21.0 Å². The Hall–Kier alpha value is -7.23. The van der Waals surface area contributed by atoms with E-state index < -0.39 is 23.0 Å². The van der Waals surface area contributed by atoms with E-state index in [4.69, 9.17) is 40.7 Å².